The van der Waals surface area contributed by atoms with Crippen molar-refractivity contribution in [1.82, 2.24) is 0 Å². The molecular formula is C33H40N4O6. The molecule has 10 nitrogen and oxygen atoms in total. The van der Waals surface area contributed by atoms with E-state index in [2.05, 4.69) is 34.9 Å². The minimum atomic E-state index is -0.404. The van der Waals surface area contributed by atoms with Crippen LogP contribution in [0.25, 0.3) is 0 Å². The predicted octanol–water partition coefficient (Wildman–Crippen LogP) is 6.65. The van der Waals surface area contributed by atoms with Crippen molar-refractivity contribution in [2.75, 3.05) is 48.1 Å². The van der Waals surface area contributed by atoms with Gasteiger partial charge in [-0.1, -0.05) is 13.2 Å². The highest BCUT2D eigenvalue weighted by Crippen LogP contribution is 2.23. The van der Waals surface area contributed by atoms with E-state index in [0.717, 1.165) is 77.6 Å². The Hall–Kier alpha value is -5.12. The number of carbonyl (C=O) groups is 2. The zero-order chi connectivity index (χ0) is 30.7. The second-order valence-electron chi connectivity index (χ2n) is 9.44. The Morgan fingerprint density at radius 3 is 1.51 bits per heavy atom. The first-order chi connectivity index (χ1) is 21.0. The van der Waals surface area contributed by atoms with E-state index in [9.17, 15) is 9.59 Å². The summed E-state index contributed by atoms with van der Waals surface area (Å²) in [7, 11) is 0. The van der Waals surface area contributed by atoms with Gasteiger partial charge >= 0.3 is 11.9 Å². The van der Waals surface area contributed by atoms with Crippen LogP contribution in [0.4, 0.5) is 22.7 Å². The summed E-state index contributed by atoms with van der Waals surface area (Å²) < 4.78 is 21.5. The number of nitrogens with one attached hydrogen (secondary N) is 4. The Bertz CT molecular complexity index is 1310. The van der Waals surface area contributed by atoms with Crippen molar-refractivity contribution in [2.24, 2.45) is 0 Å². The van der Waals surface area contributed by atoms with Crippen LogP contribution >= 0.6 is 0 Å². The first-order valence-electron chi connectivity index (χ1n) is 14.2. The maximum absolute atomic E-state index is 11.0. The second-order valence-corrected chi connectivity index (χ2v) is 9.44. The van der Waals surface area contributed by atoms with Crippen molar-refractivity contribution in [3.63, 3.8) is 0 Å². The molecule has 3 aromatic carbocycles. The lowest BCUT2D eigenvalue weighted by atomic mass is 10.2. The van der Waals surface area contributed by atoms with Crippen LogP contribution in [0.2, 0.25) is 0 Å². The van der Waals surface area contributed by atoms with E-state index in [1.165, 1.54) is 0 Å². The average molecular weight is 589 g/mol. The normalized spacial score (nSPS) is 10.2. The number of hydrogen-bond donors (Lipinski definition) is 4. The molecule has 43 heavy (non-hydrogen) atoms. The summed E-state index contributed by atoms with van der Waals surface area (Å²) in [6.45, 7) is 10.6. The fraction of sp³-hybridized carbons (Fsp3) is 0.273. The molecule has 0 unspecified atom stereocenters. The molecule has 0 saturated heterocycles. The summed E-state index contributed by atoms with van der Waals surface area (Å²) in [4.78, 5) is 22.0. The molecule has 0 bridgehead atoms. The third kappa shape index (κ3) is 12.5. The van der Waals surface area contributed by atoms with Gasteiger partial charge in [0.05, 0.1) is 49.2 Å². The molecule has 3 aromatic rings. The standard InChI is InChI=1S/C33H40N4O6/c1-4-32(38)42-22-8-6-20-40-30-17-14-28(15-18-30)35-34-26-10-12-27(13-11-26)36-37-29-16-19-31(25(3)24-29)41-21-7-9-23-43-33(39)5-2/h4-5,10-19,24,34-37H,1-2,6-9,20-23H2,3H3. The van der Waals surface area contributed by atoms with Gasteiger partial charge in [-0.3, -0.25) is 0 Å². The van der Waals surface area contributed by atoms with Crippen molar-refractivity contribution >= 4 is 34.7 Å². The van der Waals surface area contributed by atoms with Crippen LogP contribution < -0.4 is 31.2 Å². The lowest BCUT2D eigenvalue weighted by molar-refractivity contribution is -0.138. The van der Waals surface area contributed by atoms with E-state index in [0.29, 0.717) is 26.4 Å². The van der Waals surface area contributed by atoms with Crippen LogP contribution in [0.1, 0.15) is 31.2 Å². The molecule has 4 N–H and O–H groups in total. The van der Waals surface area contributed by atoms with Crippen molar-refractivity contribution in [3.05, 3.63) is 97.6 Å². The minimum absolute atomic E-state index is 0.362. The van der Waals surface area contributed by atoms with Gasteiger partial charge in [0.25, 0.3) is 0 Å². The van der Waals surface area contributed by atoms with E-state index >= 15 is 0 Å². The van der Waals surface area contributed by atoms with Gasteiger partial charge in [-0.05, 0) is 105 Å². The van der Waals surface area contributed by atoms with Crippen molar-refractivity contribution in [1.29, 1.82) is 0 Å². The van der Waals surface area contributed by atoms with Gasteiger partial charge in [0.1, 0.15) is 11.5 Å². The lowest BCUT2D eigenvalue weighted by Gasteiger charge is -2.14. The highest BCUT2D eigenvalue weighted by atomic mass is 16.5. The molecule has 0 atom stereocenters. The van der Waals surface area contributed by atoms with Crippen LogP contribution in [-0.2, 0) is 19.1 Å². The third-order valence-corrected chi connectivity index (χ3v) is 6.04. The van der Waals surface area contributed by atoms with Crippen molar-refractivity contribution < 1.29 is 28.5 Å². The third-order valence-electron chi connectivity index (χ3n) is 6.04. The van der Waals surface area contributed by atoms with Gasteiger partial charge in [0.15, 0.2) is 0 Å². The predicted molar refractivity (Wildman–Crippen MR) is 170 cm³/mol. The fourth-order valence-corrected chi connectivity index (χ4v) is 3.69. The SMILES string of the molecule is C=CC(=O)OCCCCOc1ccc(NNc2ccc(NNc3ccc(OCCCCOC(=O)C=C)c(C)c3)cc2)cc1. The van der Waals surface area contributed by atoms with Gasteiger partial charge in [-0.15, -0.1) is 0 Å². The molecule has 0 radical (unpaired) electrons. The summed E-state index contributed by atoms with van der Waals surface area (Å²) in [5.41, 5.74) is 17.4. The van der Waals surface area contributed by atoms with Crippen LogP contribution in [0.15, 0.2) is 92.0 Å². The van der Waals surface area contributed by atoms with Gasteiger partial charge < -0.3 is 40.7 Å². The zero-order valence-corrected chi connectivity index (χ0v) is 24.5. The van der Waals surface area contributed by atoms with Gasteiger partial charge in [-0.2, -0.15) is 0 Å². The number of ether oxygens (including phenoxy) is 4. The van der Waals surface area contributed by atoms with E-state index in [1.54, 1.807) is 0 Å². The quantitative estimate of drug-likeness (QED) is 0.0494. The Labute approximate surface area is 253 Å². The number of unbranched alkanes of at least 4 members (excludes halogenated alkanes) is 2. The summed E-state index contributed by atoms with van der Waals surface area (Å²) in [5, 5.41) is 0. The molecule has 0 aliphatic carbocycles. The van der Waals surface area contributed by atoms with E-state index in [-0.39, 0.29) is 0 Å². The van der Waals surface area contributed by atoms with Crippen LogP contribution in [0, 0.1) is 6.92 Å². The largest absolute Gasteiger partial charge is 0.494 e. The van der Waals surface area contributed by atoms with E-state index in [4.69, 9.17) is 18.9 Å². The van der Waals surface area contributed by atoms with E-state index < -0.39 is 11.9 Å². The van der Waals surface area contributed by atoms with Gasteiger partial charge in [-0.25, -0.2) is 9.59 Å². The highest BCUT2D eigenvalue weighted by molar-refractivity contribution is 5.81. The fourth-order valence-electron chi connectivity index (χ4n) is 3.69. The number of hydrazine groups is 2. The maximum Gasteiger partial charge on any atom is 0.330 e. The molecule has 0 fully saturated rings. The molecule has 0 aliphatic heterocycles. The molecule has 228 valence electrons. The molecule has 10 heteroatoms. The first-order valence-corrected chi connectivity index (χ1v) is 14.2. The highest BCUT2D eigenvalue weighted by Gasteiger charge is 2.03. The summed E-state index contributed by atoms with van der Waals surface area (Å²) in [6.07, 6.45) is 5.36. The maximum atomic E-state index is 11.0. The number of rotatable bonds is 20. The minimum Gasteiger partial charge on any atom is -0.494 e. The monoisotopic (exact) mass is 588 g/mol. The second kappa shape index (κ2) is 18.3. The Morgan fingerprint density at radius 2 is 1.02 bits per heavy atom. The zero-order valence-electron chi connectivity index (χ0n) is 24.5. The lowest BCUT2D eigenvalue weighted by Crippen LogP contribution is -2.10. The van der Waals surface area contributed by atoms with Gasteiger partial charge in [0.2, 0.25) is 0 Å². The smallest absolute Gasteiger partial charge is 0.330 e. The number of benzene rings is 3. The van der Waals surface area contributed by atoms with Crippen LogP contribution in [0.5, 0.6) is 11.5 Å². The van der Waals surface area contributed by atoms with Crippen molar-refractivity contribution in [3.8, 4) is 11.5 Å². The molecule has 0 amide bonds. The molecule has 0 spiro atoms. The number of carbonyl (C=O) groups excluding carboxylic acids is 2. The molecule has 0 aromatic heterocycles. The molecular weight excluding hydrogens is 548 g/mol. The van der Waals surface area contributed by atoms with E-state index in [1.807, 2.05) is 73.7 Å². The molecule has 3 rings (SSSR count). The summed E-state index contributed by atoms with van der Waals surface area (Å²) in [6, 6.07) is 21.4. The Balaban J connectivity index is 1.32. The van der Waals surface area contributed by atoms with Gasteiger partial charge in [0, 0.05) is 12.2 Å². The Kier molecular flexibility index (Phi) is 13.8. The molecule has 0 heterocycles. The average Bonchev–Trinajstić information content (AvgIpc) is 3.03. The molecule has 0 aliphatic rings. The number of esters is 2. The van der Waals surface area contributed by atoms with Crippen molar-refractivity contribution in [2.45, 2.75) is 32.6 Å². The summed E-state index contributed by atoms with van der Waals surface area (Å²) in [5.74, 6) is 0.784. The molecule has 0 saturated carbocycles. The number of anilines is 4. The summed E-state index contributed by atoms with van der Waals surface area (Å²) >= 11 is 0. The van der Waals surface area contributed by atoms with Crippen LogP contribution in [0.3, 0.4) is 0 Å². The van der Waals surface area contributed by atoms with Crippen LogP contribution in [-0.4, -0.2) is 38.4 Å². The number of hydrogen-bond acceptors (Lipinski definition) is 10. The first kappa shape index (κ1) is 32.4. The Morgan fingerprint density at radius 1 is 0.605 bits per heavy atom. The topological polar surface area (TPSA) is 119 Å². The number of aryl methyl sites for hydroxylation is 1.